The van der Waals surface area contributed by atoms with E-state index in [4.69, 9.17) is 9.47 Å². The van der Waals surface area contributed by atoms with Crippen LogP contribution in [0.3, 0.4) is 0 Å². The molecule has 2 heterocycles. The highest BCUT2D eigenvalue weighted by atomic mass is 16.5. The number of ether oxygens (including phenoxy) is 2. The van der Waals surface area contributed by atoms with E-state index in [0.717, 1.165) is 12.8 Å². The van der Waals surface area contributed by atoms with E-state index in [0.29, 0.717) is 38.4 Å². The molecule has 0 aromatic carbocycles. The number of rotatable bonds is 0. The molecule has 0 unspecified atom stereocenters. The molecule has 0 aromatic heterocycles. The lowest BCUT2D eigenvalue weighted by Gasteiger charge is -2.18. The van der Waals surface area contributed by atoms with Crippen molar-refractivity contribution in [2.45, 2.75) is 39.0 Å². The van der Waals surface area contributed by atoms with Crippen molar-refractivity contribution in [3.05, 3.63) is 11.6 Å². The normalized spacial score (nSPS) is 36.4. The third kappa shape index (κ3) is 3.08. The highest BCUT2D eigenvalue weighted by molar-refractivity contribution is 5.84. The van der Waals surface area contributed by atoms with Crippen molar-refractivity contribution in [2.75, 3.05) is 13.2 Å². The Kier molecular flexibility index (Phi) is 4.32. The second-order valence-electron chi connectivity index (χ2n) is 6.73. The molecule has 3 fully saturated rings. The van der Waals surface area contributed by atoms with Gasteiger partial charge in [0.1, 0.15) is 5.78 Å². The molecule has 0 spiro atoms. The van der Waals surface area contributed by atoms with Crippen LogP contribution in [-0.2, 0) is 23.9 Å². The third-order valence-corrected chi connectivity index (χ3v) is 5.12. The first kappa shape index (κ1) is 15.3. The fourth-order valence-electron chi connectivity index (χ4n) is 3.78. The van der Waals surface area contributed by atoms with Gasteiger partial charge in [-0.1, -0.05) is 11.6 Å². The van der Waals surface area contributed by atoms with E-state index in [1.807, 2.05) is 0 Å². The third-order valence-electron chi connectivity index (χ3n) is 5.12. The summed E-state index contributed by atoms with van der Waals surface area (Å²) in [6, 6.07) is 0. The summed E-state index contributed by atoms with van der Waals surface area (Å²) < 4.78 is 9.82. The number of carbonyl (C=O) groups excluding carboxylic acids is 3. The predicted octanol–water partition coefficient (Wildman–Crippen LogP) is 2.04. The van der Waals surface area contributed by atoms with E-state index < -0.39 is 0 Å². The molecule has 2 aliphatic heterocycles. The summed E-state index contributed by atoms with van der Waals surface area (Å²) in [5, 5.41) is 0. The zero-order valence-corrected chi connectivity index (χ0v) is 12.9. The van der Waals surface area contributed by atoms with Gasteiger partial charge in [0.2, 0.25) is 0 Å². The van der Waals surface area contributed by atoms with Crippen LogP contribution in [0, 0.1) is 23.7 Å². The van der Waals surface area contributed by atoms with Crippen LogP contribution in [0.4, 0.5) is 0 Å². The Bertz CT molecular complexity index is 521. The van der Waals surface area contributed by atoms with Crippen LogP contribution < -0.4 is 0 Å². The summed E-state index contributed by atoms with van der Waals surface area (Å²) >= 11 is 0. The Morgan fingerprint density at radius 1 is 0.955 bits per heavy atom. The van der Waals surface area contributed by atoms with Gasteiger partial charge in [-0.05, 0) is 26.2 Å². The van der Waals surface area contributed by atoms with E-state index in [1.165, 1.54) is 5.57 Å². The summed E-state index contributed by atoms with van der Waals surface area (Å²) in [6.45, 7) is 3.20. The topological polar surface area (TPSA) is 69.7 Å². The lowest BCUT2D eigenvalue weighted by molar-refractivity contribution is -0.142. The van der Waals surface area contributed by atoms with Crippen molar-refractivity contribution in [1.29, 1.82) is 0 Å². The lowest BCUT2D eigenvalue weighted by Crippen LogP contribution is -2.25. The van der Waals surface area contributed by atoms with E-state index in [2.05, 4.69) is 13.0 Å². The minimum absolute atomic E-state index is 0.0127. The number of hydrogen-bond acceptors (Lipinski definition) is 5. The van der Waals surface area contributed by atoms with Crippen LogP contribution in [0.1, 0.15) is 39.0 Å². The molecule has 2 aliphatic carbocycles. The predicted molar refractivity (Wildman–Crippen MR) is 77.7 cm³/mol. The Balaban J connectivity index is 0.000000131. The van der Waals surface area contributed by atoms with Gasteiger partial charge in [-0.3, -0.25) is 14.4 Å². The number of Topliss-reactive ketones (excluding diaryl/α,β-unsaturated/α-hetero) is 1. The Labute approximate surface area is 130 Å². The van der Waals surface area contributed by atoms with Gasteiger partial charge in [0.25, 0.3) is 0 Å². The fraction of sp³-hybridized carbons (Fsp3) is 0.706. The number of fused-ring (bicyclic) bond motifs is 2. The first-order valence-electron chi connectivity index (χ1n) is 8.07. The molecule has 0 bridgehead atoms. The maximum absolute atomic E-state index is 11.1. The molecule has 4 atom stereocenters. The van der Waals surface area contributed by atoms with E-state index in [9.17, 15) is 14.4 Å². The first-order valence-corrected chi connectivity index (χ1v) is 8.07. The lowest BCUT2D eigenvalue weighted by atomic mass is 9.81. The standard InChI is InChI=1S/C9H12O2.C8H10O3/c1-6-2-3-8-7(4-6)5-11-9(8)10;9-6-1-2-7-5(3-6)4-11-8(7)10/h4,7-8H,2-3,5H2,1H3;5,7H,1-4H2/t7-,8-;5-,7-/m11/s1. The molecule has 5 nitrogen and oxygen atoms in total. The first-order chi connectivity index (χ1) is 10.5. The molecule has 0 radical (unpaired) electrons. The number of ketones is 1. The van der Waals surface area contributed by atoms with Crippen LogP contribution in [0.2, 0.25) is 0 Å². The van der Waals surface area contributed by atoms with E-state index in [-0.39, 0.29) is 35.5 Å². The minimum atomic E-state index is -0.0949. The average Bonchev–Trinajstić information content (AvgIpc) is 3.03. The van der Waals surface area contributed by atoms with Crippen LogP contribution in [0.25, 0.3) is 0 Å². The number of carbonyl (C=O) groups is 3. The summed E-state index contributed by atoms with van der Waals surface area (Å²) in [5.41, 5.74) is 1.41. The summed E-state index contributed by atoms with van der Waals surface area (Å²) in [7, 11) is 0. The van der Waals surface area contributed by atoms with Crippen molar-refractivity contribution in [3.8, 4) is 0 Å². The Morgan fingerprint density at radius 3 is 2.45 bits per heavy atom. The zero-order valence-electron chi connectivity index (χ0n) is 12.9. The number of hydrogen-bond donors (Lipinski definition) is 0. The van der Waals surface area contributed by atoms with Crippen molar-refractivity contribution in [2.24, 2.45) is 23.7 Å². The summed E-state index contributed by atoms with van der Waals surface area (Å²) in [4.78, 5) is 33.0. The van der Waals surface area contributed by atoms with Gasteiger partial charge in [0, 0.05) is 24.7 Å². The molecule has 0 amide bonds. The molecule has 4 aliphatic rings. The second-order valence-corrected chi connectivity index (χ2v) is 6.73. The van der Waals surface area contributed by atoms with Gasteiger partial charge in [-0.15, -0.1) is 0 Å². The maximum atomic E-state index is 11.1. The van der Waals surface area contributed by atoms with Crippen LogP contribution >= 0.6 is 0 Å². The SMILES string of the molecule is CC1=C[C@@H]2COC(=O)[C@@H]2CC1.O=C1CC[C@H]2C(=O)OC[C@H]2C1. The maximum Gasteiger partial charge on any atom is 0.309 e. The minimum Gasteiger partial charge on any atom is -0.465 e. The fourth-order valence-corrected chi connectivity index (χ4v) is 3.78. The highest BCUT2D eigenvalue weighted by Crippen LogP contribution is 2.34. The Hall–Kier alpha value is -1.65. The van der Waals surface area contributed by atoms with Gasteiger partial charge >= 0.3 is 11.9 Å². The van der Waals surface area contributed by atoms with Crippen molar-refractivity contribution >= 4 is 17.7 Å². The van der Waals surface area contributed by atoms with Gasteiger partial charge in [0.05, 0.1) is 25.0 Å². The van der Waals surface area contributed by atoms with Gasteiger partial charge < -0.3 is 9.47 Å². The largest absolute Gasteiger partial charge is 0.465 e. The second kappa shape index (κ2) is 6.23. The Morgan fingerprint density at radius 2 is 1.64 bits per heavy atom. The molecular weight excluding hydrogens is 284 g/mol. The zero-order chi connectivity index (χ0) is 15.7. The number of esters is 2. The molecule has 2 saturated heterocycles. The quantitative estimate of drug-likeness (QED) is 0.506. The molecule has 4 rings (SSSR count). The molecule has 5 heteroatoms. The van der Waals surface area contributed by atoms with Crippen molar-refractivity contribution < 1.29 is 23.9 Å². The molecule has 0 N–H and O–H groups in total. The van der Waals surface area contributed by atoms with Gasteiger partial charge in [-0.25, -0.2) is 0 Å². The molecule has 22 heavy (non-hydrogen) atoms. The number of allylic oxidation sites excluding steroid dienone is 1. The average molecular weight is 306 g/mol. The van der Waals surface area contributed by atoms with Crippen molar-refractivity contribution in [1.82, 2.24) is 0 Å². The molecule has 1 saturated carbocycles. The van der Waals surface area contributed by atoms with Crippen LogP contribution in [-0.4, -0.2) is 30.9 Å². The summed E-state index contributed by atoms with van der Waals surface area (Å²) in [5.74, 6) is 0.997. The van der Waals surface area contributed by atoms with Crippen LogP contribution in [0.5, 0.6) is 0 Å². The van der Waals surface area contributed by atoms with Crippen molar-refractivity contribution in [3.63, 3.8) is 0 Å². The summed E-state index contributed by atoms with van der Waals surface area (Å²) in [6.07, 6.45) is 6.08. The highest BCUT2D eigenvalue weighted by Gasteiger charge is 2.40. The van der Waals surface area contributed by atoms with Crippen LogP contribution in [0.15, 0.2) is 11.6 Å². The van der Waals surface area contributed by atoms with Gasteiger partial charge in [0.15, 0.2) is 0 Å². The van der Waals surface area contributed by atoms with Gasteiger partial charge in [-0.2, -0.15) is 0 Å². The van der Waals surface area contributed by atoms with E-state index >= 15 is 0 Å². The van der Waals surface area contributed by atoms with E-state index in [1.54, 1.807) is 0 Å². The molecule has 120 valence electrons. The number of cyclic esters (lactones) is 2. The molecule has 0 aromatic rings. The molecular formula is C17H22O5. The monoisotopic (exact) mass is 306 g/mol. The smallest absolute Gasteiger partial charge is 0.309 e.